The van der Waals surface area contributed by atoms with E-state index < -0.39 is 6.29 Å². The lowest BCUT2D eigenvalue weighted by atomic mass is 10.4. The highest BCUT2D eigenvalue weighted by Crippen LogP contribution is 1.94. The maximum Gasteiger partial charge on any atom is 0.154 e. The standard InChI is InChI=1S/C11H24O5/c1-2-11(13)16-8-4-7-15-10-9-14-6-3-5-12/h11-13H,2-10H2,1H3. The first kappa shape index (κ1) is 15.8. The predicted molar refractivity (Wildman–Crippen MR) is 60.2 cm³/mol. The third-order valence-corrected chi connectivity index (χ3v) is 1.91. The molecule has 0 amide bonds. The molecule has 0 spiro atoms. The molecule has 0 aliphatic rings. The maximum absolute atomic E-state index is 9.08. The van der Waals surface area contributed by atoms with Crippen LogP contribution in [0.15, 0.2) is 0 Å². The molecule has 5 heteroatoms. The zero-order valence-electron chi connectivity index (χ0n) is 10.1. The van der Waals surface area contributed by atoms with Gasteiger partial charge in [0.1, 0.15) is 0 Å². The van der Waals surface area contributed by atoms with Gasteiger partial charge in [0.2, 0.25) is 0 Å². The number of rotatable bonds is 12. The summed E-state index contributed by atoms with van der Waals surface area (Å²) in [6, 6.07) is 0. The minimum Gasteiger partial charge on any atom is -0.396 e. The molecule has 0 aromatic heterocycles. The lowest BCUT2D eigenvalue weighted by Gasteiger charge is -2.09. The van der Waals surface area contributed by atoms with Crippen LogP contribution in [0.5, 0.6) is 0 Å². The van der Waals surface area contributed by atoms with Crippen LogP contribution in [0.3, 0.4) is 0 Å². The van der Waals surface area contributed by atoms with E-state index in [1.807, 2.05) is 6.92 Å². The zero-order valence-corrected chi connectivity index (χ0v) is 10.1. The summed E-state index contributed by atoms with van der Waals surface area (Å²) in [6.45, 7) is 4.84. The Balaban J connectivity index is 2.93. The SMILES string of the molecule is CCC(O)OCCCOCCOCCCO. The first-order valence-corrected chi connectivity index (χ1v) is 5.87. The minimum absolute atomic E-state index is 0.165. The van der Waals surface area contributed by atoms with Crippen LogP contribution in [0.25, 0.3) is 0 Å². The van der Waals surface area contributed by atoms with Gasteiger partial charge in [0.05, 0.1) is 19.8 Å². The molecule has 1 unspecified atom stereocenters. The Labute approximate surface area is 97.3 Å². The van der Waals surface area contributed by atoms with Crippen molar-refractivity contribution in [2.24, 2.45) is 0 Å². The highest BCUT2D eigenvalue weighted by molar-refractivity contribution is 4.39. The van der Waals surface area contributed by atoms with Gasteiger partial charge in [0.25, 0.3) is 0 Å². The summed E-state index contributed by atoms with van der Waals surface area (Å²) >= 11 is 0. The highest BCUT2D eigenvalue weighted by Gasteiger charge is 1.98. The van der Waals surface area contributed by atoms with Gasteiger partial charge in [-0.15, -0.1) is 0 Å². The molecule has 0 radical (unpaired) electrons. The van der Waals surface area contributed by atoms with Gasteiger partial charge in [-0.05, 0) is 19.3 Å². The summed E-state index contributed by atoms with van der Waals surface area (Å²) < 4.78 is 15.5. The average molecular weight is 236 g/mol. The normalized spacial score (nSPS) is 12.9. The molecule has 0 saturated carbocycles. The van der Waals surface area contributed by atoms with E-state index in [4.69, 9.17) is 24.4 Å². The molecule has 98 valence electrons. The average Bonchev–Trinajstić information content (AvgIpc) is 2.31. The van der Waals surface area contributed by atoms with Crippen molar-refractivity contribution in [3.8, 4) is 0 Å². The van der Waals surface area contributed by atoms with Gasteiger partial charge in [-0.1, -0.05) is 6.92 Å². The van der Waals surface area contributed by atoms with Crippen LogP contribution in [0.1, 0.15) is 26.2 Å². The van der Waals surface area contributed by atoms with Crippen molar-refractivity contribution in [2.45, 2.75) is 32.5 Å². The Morgan fingerprint density at radius 3 is 2.12 bits per heavy atom. The third-order valence-electron chi connectivity index (χ3n) is 1.91. The quantitative estimate of drug-likeness (QED) is 0.382. The highest BCUT2D eigenvalue weighted by atomic mass is 16.6. The molecular formula is C11H24O5. The fourth-order valence-corrected chi connectivity index (χ4v) is 0.987. The monoisotopic (exact) mass is 236 g/mol. The summed E-state index contributed by atoms with van der Waals surface area (Å²) in [5.41, 5.74) is 0. The van der Waals surface area contributed by atoms with Crippen LogP contribution in [0.2, 0.25) is 0 Å². The molecule has 0 aromatic carbocycles. The molecule has 0 rings (SSSR count). The second-order valence-electron chi connectivity index (χ2n) is 3.39. The molecule has 5 nitrogen and oxygen atoms in total. The summed E-state index contributed by atoms with van der Waals surface area (Å²) in [5.74, 6) is 0. The van der Waals surface area contributed by atoms with Crippen molar-refractivity contribution in [2.75, 3.05) is 39.6 Å². The fraction of sp³-hybridized carbons (Fsp3) is 1.00. The Kier molecular flexibility index (Phi) is 12.7. The lowest BCUT2D eigenvalue weighted by Crippen LogP contribution is -2.13. The van der Waals surface area contributed by atoms with E-state index in [0.717, 1.165) is 6.42 Å². The molecule has 0 heterocycles. The van der Waals surface area contributed by atoms with Gasteiger partial charge < -0.3 is 24.4 Å². The van der Waals surface area contributed by atoms with Crippen molar-refractivity contribution in [3.63, 3.8) is 0 Å². The van der Waals surface area contributed by atoms with Crippen molar-refractivity contribution < 1.29 is 24.4 Å². The summed E-state index contributed by atoms with van der Waals surface area (Å²) in [4.78, 5) is 0. The van der Waals surface area contributed by atoms with E-state index >= 15 is 0 Å². The molecule has 1 atom stereocenters. The summed E-state index contributed by atoms with van der Waals surface area (Å²) in [6.07, 6.45) is 1.40. The molecule has 0 fully saturated rings. The number of aliphatic hydroxyl groups is 2. The van der Waals surface area contributed by atoms with Gasteiger partial charge >= 0.3 is 0 Å². The maximum atomic E-state index is 9.08. The van der Waals surface area contributed by atoms with Crippen molar-refractivity contribution in [1.82, 2.24) is 0 Å². The number of hydrogen-bond donors (Lipinski definition) is 2. The van der Waals surface area contributed by atoms with E-state index in [2.05, 4.69) is 0 Å². The third kappa shape index (κ3) is 11.9. The molecule has 0 aromatic rings. The van der Waals surface area contributed by atoms with Crippen LogP contribution in [0.4, 0.5) is 0 Å². The van der Waals surface area contributed by atoms with E-state index in [1.165, 1.54) is 0 Å². The molecule has 0 bridgehead atoms. The number of ether oxygens (including phenoxy) is 3. The van der Waals surface area contributed by atoms with Crippen molar-refractivity contribution in [1.29, 1.82) is 0 Å². The van der Waals surface area contributed by atoms with E-state index in [-0.39, 0.29) is 6.61 Å². The second kappa shape index (κ2) is 12.9. The second-order valence-corrected chi connectivity index (χ2v) is 3.39. The minimum atomic E-state index is -0.651. The van der Waals surface area contributed by atoms with Crippen molar-refractivity contribution in [3.05, 3.63) is 0 Å². The largest absolute Gasteiger partial charge is 0.396 e. The molecule has 16 heavy (non-hydrogen) atoms. The Morgan fingerprint density at radius 2 is 1.56 bits per heavy atom. The van der Waals surface area contributed by atoms with Gasteiger partial charge in [-0.2, -0.15) is 0 Å². The number of aliphatic hydroxyl groups excluding tert-OH is 2. The lowest BCUT2D eigenvalue weighted by molar-refractivity contribution is -0.104. The smallest absolute Gasteiger partial charge is 0.154 e. The molecular weight excluding hydrogens is 212 g/mol. The fourth-order valence-electron chi connectivity index (χ4n) is 0.987. The summed E-state index contributed by atoms with van der Waals surface area (Å²) in [5, 5.41) is 17.6. The van der Waals surface area contributed by atoms with Gasteiger partial charge in [0.15, 0.2) is 6.29 Å². The van der Waals surface area contributed by atoms with Gasteiger partial charge in [0, 0.05) is 19.8 Å². The number of hydrogen-bond acceptors (Lipinski definition) is 5. The molecule has 0 saturated heterocycles. The van der Waals surface area contributed by atoms with Crippen molar-refractivity contribution >= 4 is 0 Å². The Bertz CT molecular complexity index is 132. The van der Waals surface area contributed by atoms with Crippen LogP contribution >= 0.6 is 0 Å². The predicted octanol–water partition coefficient (Wildman–Crippen LogP) is 0.537. The molecule has 0 aliphatic heterocycles. The Morgan fingerprint density at radius 1 is 0.938 bits per heavy atom. The van der Waals surface area contributed by atoms with E-state index in [1.54, 1.807) is 0 Å². The first-order chi connectivity index (χ1) is 7.81. The van der Waals surface area contributed by atoms with Crippen LogP contribution in [-0.2, 0) is 14.2 Å². The van der Waals surface area contributed by atoms with E-state index in [9.17, 15) is 0 Å². The molecule has 0 aliphatic carbocycles. The van der Waals surface area contributed by atoms with Crippen LogP contribution in [-0.4, -0.2) is 56.1 Å². The molecule has 2 N–H and O–H groups in total. The van der Waals surface area contributed by atoms with E-state index in [0.29, 0.717) is 45.9 Å². The van der Waals surface area contributed by atoms with Crippen LogP contribution < -0.4 is 0 Å². The zero-order chi connectivity index (χ0) is 12.1. The Hall–Kier alpha value is -0.200. The summed E-state index contributed by atoms with van der Waals surface area (Å²) in [7, 11) is 0. The van der Waals surface area contributed by atoms with Gasteiger partial charge in [-0.3, -0.25) is 0 Å². The van der Waals surface area contributed by atoms with Crippen LogP contribution in [0, 0.1) is 0 Å². The van der Waals surface area contributed by atoms with Gasteiger partial charge in [-0.25, -0.2) is 0 Å². The first-order valence-electron chi connectivity index (χ1n) is 5.87. The topological polar surface area (TPSA) is 68.2 Å².